The van der Waals surface area contributed by atoms with Crippen LogP contribution in [-0.4, -0.2) is 35.6 Å². The van der Waals surface area contributed by atoms with Crippen LogP contribution in [0.1, 0.15) is 48.0 Å². The van der Waals surface area contributed by atoms with Crippen molar-refractivity contribution in [2.45, 2.75) is 40.7 Å². The molecular formula is C30H32N2O4. The fraction of sp³-hybridized carbons (Fsp3) is 0.267. The molecule has 36 heavy (non-hydrogen) atoms. The number of methoxy groups -OCH3 is 2. The number of aryl methyl sites for hydroxylation is 2. The maximum Gasteiger partial charge on any atom is 0.340 e. The normalized spacial score (nSPS) is 15.6. The van der Waals surface area contributed by atoms with Crippen LogP contribution in [0.5, 0.6) is 5.75 Å². The van der Waals surface area contributed by atoms with Gasteiger partial charge in [-0.15, -0.1) is 0 Å². The van der Waals surface area contributed by atoms with Gasteiger partial charge in [0.1, 0.15) is 5.75 Å². The van der Waals surface area contributed by atoms with Crippen molar-refractivity contribution >= 4 is 18.0 Å². The lowest BCUT2D eigenvalue weighted by Crippen LogP contribution is -2.28. The van der Waals surface area contributed by atoms with Crippen LogP contribution < -0.4 is 4.74 Å². The number of allylic oxidation sites excluding steroid dienone is 1. The average molecular weight is 485 g/mol. The second-order valence-electron chi connectivity index (χ2n) is 9.11. The first-order valence-corrected chi connectivity index (χ1v) is 11.9. The van der Waals surface area contributed by atoms with Crippen molar-refractivity contribution in [1.82, 2.24) is 9.47 Å². The zero-order valence-corrected chi connectivity index (χ0v) is 21.9. The Hall–Kier alpha value is -4.06. The van der Waals surface area contributed by atoms with E-state index in [-0.39, 0.29) is 11.9 Å². The van der Waals surface area contributed by atoms with Gasteiger partial charge in [0.25, 0.3) is 5.91 Å². The van der Waals surface area contributed by atoms with Gasteiger partial charge in [-0.2, -0.15) is 0 Å². The Bertz CT molecular complexity index is 1400. The molecule has 3 aromatic rings. The maximum absolute atomic E-state index is 13.8. The zero-order chi connectivity index (χ0) is 26.1. The van der Waals surface area contributed by atoms with Crippen molar-refractivity contribution in [1.29, 1.82) is 0 Å². The number of nitrogens with zero attached hydrogens (tertiary/aromatic N) is 2. The smallest absolute Gasteiger partial charge is 0.340 e. The van der Waals surface area contributed by atoms with Crippen LogP contribution in [0.3, 0.4) is 0 Å². The SMILES string of the molecule is COC(=O)C1=C(C)N([C@H](C)c2ccccc2)C(=O)/C1=C\c1cc(C)n(-c2cc(C)ccc2OC)c1C. The van der Waals surface area contributed by atoms with Crippen LogP contribution in [0.2, 0.25) is 0 Å². The molecule has 0 N–H and O–H groups in total. The number of rotatable bonds is 6. The third-order valence-corrected chi connectivity index (χ3v) is 6.85. The van der Waals surface area contributed by atoms with E-state index in [0.717, 1.165) is 39.5 Å². The van der Waals surface area contributed by atoms with Gasteiger partial charge < -0.3 is 18.9 Å². The molecule has 186 valence electrons. The van der Waals surface area contributed by atoms with Crippen molar-refractivity contribution in [3.8, 4) is 11.4 Å². The molecule has 0 aliphatic carbocycles. The Morgan fingerprint density at radius 3 is 2.31 bits per heavy atom. The highest BCUT2D eigenvalue weighted by Crippen LogP contribution is 2.38. The van der Waals surface area contributed by atoms with Crippen molar-refractivity contribution < 1.29 is 19.1 Å². The van der Waals surface area contributed by atoms with Crippen molar-refractivity contribution in [2.75, 3.05) is 14.2 Å². The van der Waals surface area contributed by atoms with Gasteiger partial charge in [0, 0.05) is 17.1 Å². The first-order valence-electron chi connectivity index (χ1n) is 11.9. The lowest BCUT2D eigenvalue weighted by Gasteiger charge is -2.26. The Morgan fingerprint density at radius 2 is 1.67 bits per heavy atom. The molecule has 6 heteroatoms. The zero-order valence-electron chi connectivity index (χ0n) is 21.9. The van der Waals surface area contributed by atoms with E-state index in [4.69, 9.17) is 9.47 Å². The molecule has 2 heterocycles. The minimum absolute atomic E-state index is 0.220. The highest BCUT2D eigenvalue weighted by Gasteiger charge is 2.39. The Morgan fingerprint density at radius 1 is 0.972 bits per heavy atom. The van der Waals surface area contributed by atoms with E-state index in [1.165, 1.54) is 7.11 Å². The molecule has 4 rings (SSSR count). The Labute approximate surface area is 212 Å². The predicted octanol–water partition coefficient (Wildman–Crippen LogP) is 5.84. The van der Waals surface area contributed by atoms with Gasteiger partial charge in [-0.25, -0.2) is 4.79 Å². The fourth-order valence-electron chi connectivity index (χ4n) is 4.98. The molecule has 0 fully saturated rings. The van der Waals surface area contributed by atoms with Gasteiger partial charge in [-0.3, -0.25) is 4.79 Å². The number of carbonyl (C=O) groups excluding carboxylic acids is 2. The molecule has 0 saturated carbocycles. The number of amides is 1. The van der Waals surface area contributed by atoms with Crippen LogP contribution in [0.4, 0.5) is 0 Å². The molecule has 1 amide bonds. The maximum atomic E-state index is 13.8. The first-order chi connectivity index (χ1) is 17.2. The molecule has 2 aromatic carbocycles. The molecule has 0 spiro atoms. The summed E-state index contributed by atoms with van der Waals surface area (Å²) in [7, 11) is 2.99. The van der Waals surface area contributed by atoms with Crippen LogP contribution in [0.25, 0.3) is 11.8 Å². The number of hydrogen-bond donors (Lipinski definition) is 0. The molecule has 1 aliphatic heterocycles. The van der Waals surface area contributed by atoms with E-state index in [1.807, 2.05) is 76.2 Å². The minimum Gasteiger partial charge on any atom is -0.495 e. The summed E-state index contributed by atoms with van der Waals surface area (Å²) in [5, 5.41) is 0. The number of aromatic nitrogens is 1. The molecule has 1 atom stereocenters. The molecular weight excluding hydrogens is 452 g/mol. The monoisotopic (exact) mass is 484 g/mol. The predicted molar refractivity (Wildman–Crippen MR) is 141 cm³/mol. The average Bonchev–Trinajstić information content (AvgIpc) is 3.29. The van der Waals surface area contributed by atoms with E-state index in [0.29, 0.717) is 16.8 Å². The van der Waals surface area contributed by atoms with Crippen molar-refractivity contribution in [2.24, 2.45) is 0 Å². The number of ether oxygens (including phenoxy) is 2. The highest BCUT2D eigenvalue weighted by atomic mass is 16.5. The van der Waals surface area contributed by atoms with Gasteiger partial charge in [0.05, 0.1) is 37.1 Å². The van der Waals surface area contributed by atoms with Gasteiger partial charge in [0.15, 0.2) is 0 Å². The lowest BCUT2D eigenvalue weighted by atomic mass is 10.0. The van der Waals surface area contributed by atoms with E-state index < -0.39 is 5.97 Å². The lowest BCUT2D eigenvalue weighted by molar-refractivity contribution is -0.136. The van der Waals surface area contributed by atoms with E-state index in [2.05, 4.69) is 10.6 Å². The molecule has 6 nitrogen and oxygen atoms in total. The molecule has 1 aromatic heterocycles. The van der Waals surface area contributed by atoms with Crippen molar-refractivity contribution in [3.05, 3.63) is 99.5 Å². The third kappa shape index (κ3) is 4.24. The van der Waals surface area contributed by atoms with Gasteiger partial charge in [0.2, 0.25) is 0 Å². The third-order valence-electron chi connectivity index (χ3n) is 6.85. The molecule has 0 radical (unpaired) electrons. The van der Waals surface area contributed by atoms with Gasteiger partial charge >= 0.3 is 5.97 Å². The number of carbonyl (C=O) groups is 2. The second-order valence-corrected chi connectivity index (χ2v) is 9.11. The number of hydrogen-bond acceptors (Lipinski definition) is 4. The molecule has 0 bridgehead atoms. The minimum atomic E-state index is -0.524. The first kappa shape index (κ1) is 25.0. The van der Waals surface area contributed by atoms with Crippen LogP contribution in [-0.2, 0) is 14.3 Å². The van der Waals surface area contributed by atoms with Crippen molar-refractivity contribution in [3.63, 3.8) is 0 Å². The standard InChI is InChI=1S/C30H32N2O4/c1-18-13-14-27(35-6)26(15-18)31-19(2)16-24(21(31)4)17-25-28(30(34)36-7)22(5)32(29(25)33)20(3)23-11-9-8-10-12-23/h8-17,20H,1-7H3/b25-17-/t20-/m1/s1. The Kier molecular flexibility index (Phi) is 6.88. The van der Waals surface area contributed by atoms with Crippen LogP contribution >= 0.6 is 0 Å². The summed E-state index contributed by atoms with van der Waals surface area (Å²) in [6.07, 6.45) is 1.80. The summed E-state index contributed by atoms with van der Waals surface area (Å²) < 4.78 is 12.8. The second kappa shape index (κ2) is 9.90. The van der Waals surface area contributed by atoms with Crippen LogP contribution in [0, 0.1) is 20.8 Å². The van der Waals surface area contributed by atoms with E-state index in [1.54, 1.807) is 25.0 Å². The fourth-order valence-corrected chi connectivity index (χ4v) is 4.98. The highest BCUT2D eigenvalue weighted by molar-refractivity contribution is 6.16. The van der Waals surface area contributed by atoms with Crippen LogP contribution in [0.15, 0.2) is 71.4 Å². The number of benzene rings is 2. The summed E-state index contributed by atoms with van der Waals surface area (Å²) in [5.74, 6) is 0.0126. The van der Waals surface area contributed by atoms with Gasteiger partial charge in [-0.05, 0) is 75.6 Å². The molecule has 0 unspecified atom stereocenters. The summed E-state index contributed by atoms with van der Waals surface area (Å²) in [6.45, 7) is 9.81. The largest absolute Gasteiger partial charge is 0.495 e. The van der Waals surface area contributed by atoms with E-state index >= 15 is 0 Å². The molecule has 0 saturated heterocycles. The number of esters is 1. The topological polar surface area (TPSA) is 60.8 Å². The summed E-state index contributed by atoms with van der Waals surface area (Å²) in [4.78, 5) is 28.3. The Balaban J connectivity index is 1.84. The summed E-state index contributed by atoms with van der Waals surface area (Å²) >= 11 is 0. The summed E-state index contributed by atoms with van der Waals surface area (Å²) in [6, 6.07) is 17.6. The van der Waals surface area contributed by atoms with E-state index in [9.17, 15) is 9.59 Å². The van der Waals surface area contributed by atoms with Gasteiger partial charge in [-0.1, -0.05) is 36.4 Å². The summed E-state index contributed by atoms with van der Waals surface area (Å²) in [5.41, 5.74) is 7.01. The quantitative estimate of drug-likeness (QED) is 0.326. The molecule has 1 aliphatic rings.